The zero-order valence-electron chi connectivity index (χ0n) is 14.9. The van der Waals surface area contributed by atoms with Crippen LogP contribution in [0.2, 0.25) is 0 Å². The molecular weight excluding hydrogens is 332 g/mol. The van der Waals surface area contributed by atoms with Gasteiger partial charge in [-0.15, -0.1) is 0 Å². The van der Waals surface area contributed by atoms with Gasteiger partial charge in [0.2, 0.25) is 11.9 Å². The lowest BCUT2D eigenvalue weighted by molar-refractivity contribution is -0.131. The van der Waals surface area contributed by atoms with E-state index < -0.39 is 5.41 Å². The Bertz CT molecular complexity index is 816. The predicted octanol–water partition coefficient (Wildman–Crippen LogP) is 1.20. The number of aromatic nitrogens is 4. The smallest absolute Gasteiger partial charge is 0.229 e. The number of hydrogen-bond donors (Lipinski definition) is 2. The number of carbonyl (C=O) groups excluding carboxylic acids is 1. The Hall–Kier alpha value is -3.15. The van der Waals surface area contributed by atoms with Crippen molar-refractivity contribution in [3.05, 3.63) is 24.7 Å². The fourth-order valence-corrected chi connectivity index (χ4v) is 2.99. The predicted molar refractivity (Wildman–Crippen MR) is 96.7 cm³/mol. The number of piperidine rings is 1. The molecule has 0 aromatic carbocycles. The minimum atomic E-state index is -0.447. The summed E-state index contributed by atoms with van der Waals surface area (Å²) in [6, 6.07) is 3.81. The first-order chi connectivity index (χ1) is 12.5. The summed E-state index contributed by atoms with van der Waals surface area (Å²) in [5.74, 6) is 1.28. The first kappa shape index (κ1) is 17.7. The zero-order chi connectivity index (χ0) is 18.6. The molecular formula is C17H22N8O. The van der Waals surface area contributed by atoms with Crippen molar-refractivity contribution in [1.29, 1.82) is 5.26 Å². The number of anilines is 3. The van der Waals surface area contributed by atoms with Crippen molar-refractivity contribution in [3.63, 3.8) is 0 Å². The lowest BCUT2D eigenvalue weighted by Gasteiger charge is -2.38. The molecule has 0 unspecified atom stereocenters. The molecule has 3 rings (SSSR count). The average Bonchev–Trinajstić information content (AvgIpc) is 3.05. The second-order valence-electron chi connectivity index (χ2n) is 6.65. The second kappa shape index (κ2) is 7.39. The monoisotopic (exact) mass is 354 g/mol. The Balaban J connectivity index is 1.63. The van der Waals surface area contributed by atoms with Gasteiger partial charge in [-0.2, -0.15) is 15.3 Å². The number of amides is 1. The Labute approximate surface area is 152 Å². The summed E-state index contributed by atoms with van der Waals surface area (Å²) in [6.45, 7) is 3.44. The number of nitriles is 1. The SMILES string of the molecule is Cn1cc(Nc2nccc(N3CCC(C)(C(=O)NCC#N)CC3)n2)cn1. The molecule has 0 aliphatic carbocycles. The van der Waals surface area contributed by atoms with Crippen LogP contribution in [-0.2, 0) is 11.8 Å². The van der Waals surface area contributed by atoms with Crippen LogP contribution in [0.25, 0.3) is 0 Å². The van der Waals surface area contributed by atoms with Crippen molar-refractivity contribution in [1.82, 2.24) is 25.1 Å². The van der Waals surface area contributed by atoms with Crippen LogP contribution in [0.3, 0.4) is 0 Å². The first-order valence-corrected chi connectivity index (χ1v) is 8.49. The molecule has 26 heavy (non-hydrogen) atoms. The molecule has 1 fully saturated rings. The Morgan fingerprint density at radius 2 is 2.19 bits per heavy atom. The lowest BCUT2D eigenvalue weighted by Crippen LogP contribution is -2.47. The molecule has 0 atom stereocenters. The van der Waals surface area contributed by atoms with Crippen molar-refractivity contribution in [3.8, 4) is 6.07 Å². The molecule has 3 heterocycles. The highest BCUT2D eigenvalue weighted by Crippen LogP contribution is 2.32. The van der Waals surface area contributed by atoms with Crippen LogP contribution < -0.4 is 15.5 Å². The third-order valence-corrected chi connectivity index (χ3v) is 4.67. The average molecular weight is 354 g/mol. The van der Waals surface area contributed by atoms with E-state index in [1.807, 2.05) is 32.3 Å². The highest BCUT2D eigenvalue weighted by molar-refractivity contribution is 5.82. The van der Waals surface area contributed by atoms with Gasteiger partial charge in [-0.05, 0) is 18.9 Å². The molecule has 9 heteroatoms. The lowest BCUT2D eigenvalue weighted by atomic mass is 9.79. The molecule has 2 aromatic rings. The first-order valence-electron chi connectivity index (χ1n) is 8.49. The summed E-state index contributed by atoms with van der Waals surface area (Å²) in [5.41, 5.74) is 0.377. The van der Waals surface area contributed by atoms with Crippen LogP contribution in [0, 0.1) is 16.7 Å². The van der Waals surface area contributed by atoms with Gasteiger partial charge >= 0.3 is 0 Å². The van der Waals surface area contributed by atoms with Gasteiger partial charge in [-0.25, -0.2) is 4.98 Å². The quantitative estimate of drug-likeness (QED) is 0.776. The molecule has 9 nitrogen and oxygen atoms in total. The van der Waals surface area contributed by atoms with E-state index >= 15 is 0 Å². The van der Waals surface area contributed by atoms with E-state index in [2.05, 4.69) is 30.6 Å². The van der Waals surface area contributed by atoms with Crippen LogP contribution in [-0.4, -0.2) is 45.3 Å². The maximum atomic E-state index is 12.3. The summed E-state index contributed by atoms with van der Waals surface area (Å²) in [4.78, 5) is 23.2. The van der Waals surface area contributed by atoms with Gasteiger partial charge in [-0.3, -0.25) is 9.48 Å². The summed E-state index contributed by atoms with van der Waals surface area (Å²) in [7, 11) is 1.85. The highest BCUT2D eigenvalue weighted by Gasteiger charge is 2.37. The zero-order valence-corrected chi connectivity index (χ0v) is 14.9. The van der Waals surface area contributed by atoms with Crippen molar-refractivity contribution in [2.24, 2.45) is 12.5 Å². The fourth-order valence-electron chi connectivity index (χ4n) is 2.99. The third-order valence-electron chi connectivity index (χ3n) is 4.67. The summed E-state index contributed by atoms with van der Waals surface area (Å²) >= 11 is 0. The van der Waals surface area contributed by atoms with Crippen LogP contribution >= 0.6 is 0 Å². The molecule has 1 amide bonds. The second-order valence-corrected chi connectivity index (χ2v) is 6.65. The molecule has 1 aliphatic rings. The minimum Gasteiger partial charge on any atom is -0.356 e. The third kappa shape index (κ3) is 3.91. The van der Waals surface area contributed by atoms with E-state index in [1.165, 1.54) is 0 Å². The molecule has 0 bridgehead atoms. The summed E-state index contributed by atoms with van der Waals surface area (Å²) in [6.07, 6.45) is 6.69. The number of nitrogens with zero attached hydrogens (tertiary/aromatic N) is 6. The normalized spacial score (nSPS) is 16.0. The highest BCUT2D eigenvalue weighted by atomic mass is 16.2. The van der Waals surface area contributed by atoms with E-state index in [0.717, 1.165) is 24.6 Å². The van der Waals surface area contributed by atoms with E-state index in [1.54, 1.807) is 17.1 Å². The van der Waals surface area contributed by atoms with Crippen molar-refractivity contribution >= 4 is 23.4 Å². The maximum Gasteiger partial charge on any atom is 0.229 e. The Morgan fingerprint density at radius 3 is 2.85 bits per heavy atom. The fraction of sp³-hybridized carbons (Fsp3) is 0.471. The van der Waals surface area contributed by atoms with Crippen LogP contribution in [0.1, 0.15) is 19.8 Å². The summed E-state index contributed by atoms with van der Waals surface area (Å²) in [5, 5.41) is 18.5. The standard InChI is InChI=1S/C17H22N8O/c1-17(15(26)19-8-6-18)4-9-25(10-5-17)14-3-7-20-16(23-14)22-13-11-21-24(2)12-13/h3,7,11-12H,4-5,8-10H2,1-2H3,(H,19,26)(H,20,22,23). The van der Waals surface area contributed by atoms with E-state index in [0.29, 0.717) is 18.8 Å². The largest absolute Gasteiger partial charge is 0.356 e. The van der Waals surface area contributed by atoms with Gasteiger partial charge in [-0.1, -0.05) is 6.92 Å². The van der Waals surface area contributed by atoms with Gasteiger partial charge in [0, 0.05) is 37.9 Å². The maximum absolute atomic E-state index is 12.3. The summed E-state index contributed by atoms with van der Waals surface area (Å²) < 4.78 is 1.70. The molecule has 1 saturated heterocycles. The molecule has 1 aliphatic heterocycles. The number of aryl methyl sites for hydroxylation is 1. The van der Waals surface area contributed by atoms with E-state index in [4.69, 9.17) is 5.26 Å². The van der Waals surface area contributed by atoms with Crippen LogP contribution in [0.4, 0.5) is 17.5 Å². The molecule has 0 saturated carbocycles. The minimum absolute atomic E-state index is 0.0490. The van der Waals surface area contributed by atoms with Crippen molar-refractivity contribution in [2.75, 3.05) is 29.9 Å². The Kier molecular flexibility index (Phi) is 5.02. The number of rotatable bonds is 5. The van der Waals surface area contributed by atoms with Crippen molar-refractivity contribution in [2.45, 2.75) is 19.8 Å². The van der Waals surface area contributed by atoms with Gasteiger partial charge < -0.3 is 15.5 Å². The van der Waals surface area contributed by atoms with Crippen LogP contribution in [0.5, 0.6) is 0 Å². The Morgan fingerprint density at radius 1 is 1.42 bits per heavy atom. The van der Waals surface area contributed by atoms with Gasteiger partial charge in [0.1, 0.15) is 12.4 Å². The topological polar surface area (TPSA) is 112 Å². The van der Waals surface area contributed by atoms with Gasteiger partial charge in [0.05, 0.1) is 18.0 Å². The van der Waals surface area contributed by atoms with E-state index in [-0.39, 0.29) is 12.5 Å². The number of carbonyl (C=O) groups is 1. The number of hydrogen-bond acceptors (Lipinski definition) is 7. The van der Waals surface area contributed by atoms with Crippen molar-refractivity contribution < 1.29 is 4.79 Å². The molecule has 2 N–H and O–H groups in total. The van der Waals surface area contributed by atoms with Crippen LogP contribution in [0.15, 0.2) is 24.7 Å². The van der Waals surface area contributed by atoms with Gasteiger partial charge in [0.15, 0.2) is 0 Å². The molecule has 0 radical (unpaired) electrons. The molecule has 136 valence electrons. The molecule has 0 spiro atoms. The number of nitrogens with one attached hydrogen (secondary N) is 2. The molecule has 2 aromatic heterocycles. The van der Waals surface area contributed by atoms with Gasteiger partial charge in [0.25, 0.3) is 0 Å². The van der Waals surface area contributed by atoms with E-state index in [9.17, 15) is 4.79 Å².